The molecule has 2 aromatic heterocycles. The first-order chi connectivity index (χ1) is 11.3. The summed E-state index contributed by atoms with van der Waals surface area (Å²) in [4.78, 5) is 19.2. The van der Waals surface area contributed by atoms with Crippen LogP contribution in [0.1, 0.15) is 61.5 Å². The molecule has 1 amide bonds. The first kappa shape index (κ1) is 17.1. The predicted molar refractivity (Wildman–Crippen MR) is 96.4 cm³/mol. The molecule has 1 saturated heterocycles. The van der Waals surface area contributed by atoms with Crippen molar-refractivity contribution in [2.24, 2.45) is 0 Å². The molecule has 24 heavy (non-hydrogen) atoms. The maximum atomic E-state index is 12.6. The van der Waals surface area contributed by atoms with Crippen LogP contribution in [0.4, 0.5) is 0 Å². The second kappa shape index (κ2) is 6.67. The highest BCUT2D eigenvalue weighted by atomic mass is 32.1. The number of nitrogens with zero attached hydrogens (tertiary/aromatic N) is 3. The van der Waals surface area contributed by atoms with Crippen molar-refractivity contribution < 1.29 is 4.79 Å². The summed E-state index contributed by atoms with van der Waals surface area (Å²) < 4.78 is 0. The Morgan fingerprint density at radius 2 is 2.08 bits per heavy atom. The average molecular weight is 347 g/mol. The molecule has 0 saturated carbocycles. The van der Waals surface area contributed by atoms with E-state index in [0.29, 0.717) is 12.3 Å². The molecule has 0 unspecified atom stereocenters. The maximum Gasteiger partial charge on any atom is 0.228 e. The minimum Gasteiger partial charge on any atom is -0.342 e. The molecule has 3 heterocycles. The Bertz CT molecular complexity index is 705. The van der Waals surface area contributed by atoms with Gasteiger partial charge in [-0.15, -0.1) is 11.3 Å². The van der Waals surface area contributed by atoms with E-state index in [1.54, 1.807) is 11.3 Å². The molecule has 0 spiro atoms. The number of H-pyrrole nitrogens is 1. The number of rotatable bonds is 3. The molecule has 130 valence electrons. The lowest BCUT2D eigenvalue weighted by molar-refractivity contribution is -0.131. The minimum atomic E-state index is 0.0484. The van der Waals surface area contributed by atoms with Crippen LogP contribution in [0.25, 0.3) is 0 Å². The molecule has 1 aliphatic rings. The number of hydrogen-bond donors (Lipinski definition) is 1. The van der Waals surface area contributed by atoms with E-state index in [2.05, 4.69) is 42.9 Å². The Labute approximate surface area is 147 Å². The van der Waals surface area contributed by atoms with Crippen LogP contribution in [0.3, 0.4) is 0 Å². The van der Waals surface area contributed by atoms with E-state index in [0.717, 1.165) is 42.3 Å². The van der Waals surface area contributed by atoms with Gasteiger partial charge in [0.15, 0.2) is 0 Å². The highest BCUT2D eigenvalue weighted by Gasteiger charge is 2.26. The van der Waals surface area contributed by atoms with Crippen molar-refractivity contribution in [1.82, 2.24) is 20.1 Å². The molecule has 6 heteroatoms. The number of aromatic amines is 1. The molecule has 0 aromatic carbocycles. The van der Waals surface area contributed by atoms with Crippen LogP contribution < -0.4 is 0 Å². The Morgan fingerprint density at radius 1 is 1.38 bits per heavy atom. The number of amides is 1. The largest absolute Gasteiger partial charge is 0.342 e. The number of thiazole rings is 1. The van der Waals surface area contributed by atoms with E-state index in [1.807, 2.05) is 16.5 Å². The van der Waals surface area contributed by atoms with Crippen molar-refractivity contribution in [3.05, 3.63) is 33.5 Å². The van der Waals surface area contributed by atoms with E-state index >= 15 is 0 Å². The fraction of sp³-hybridized carbons (Fsp3) is 0.611. The van der Waals surface area contributed by atoms with E-state index in [1.165, 1.54) is 5.56 Å². The lowest BCUT2D eigenvalue weighted by Gasteiger charge is -2.32. The minimum absolute atomic E-state index is 0.0484. The zero-order valence-electron chi connectivity index (χ0n) is 14.9. The monoisotopic (exact) mass is 346 g/mol. The van der Waals surface area contributed by atoms with Gasteiger partial charge < -0.3 is 4.90 Å². The van der Waals surface area contributed by atoms with Crippen molar-refractivity contribution >= 4 is 17.2 Å². The fourth-order valence-corrected chi connectivity index (χ4v) is 4.12. The van der Waals surface area contributed by atoms with Gasteiger partial charge in [0.1, 0.15) is 0 Å². The second-order valence-electron chi connectivity index (χ2n) is 7.68. The average Bonchev–Trinajstić information content (AvgIpc) is 3.16. The number of nitrogens with one attached hydrogen (secondary N) is 1. The Morgan fingerprint density at radius 3 is 2.62 bits per heavy atom. The van der Waals surface area contributed by atoms with Gasteiger partial charge in [-0.2, -0.15) is 5.10 Å². The van der Waals surface area contributed by atoms with Gasteiger partial charge in [0, 0.05) is 29.6 Å². The molecule has 0 radical (unpaired) electrons. The molecule has 1 aliphatic heterocycles. The molecule has 1 fully saturated rings. The predicted octanol–water partition coefficient (Wildman–Crippen LogP) is 3.42. The summed E-state index contributed by atoms with van der Waals surface area (Å²) in [5.41, 5.74) is 3.41. The summed E-state index contributed by atoms with van der Waals surface area (Å²) >= 11 is 1.65. The maximum absolute atomic E-state index is 12.6. The molecular formula is C18H26N4OS. The summed E-state index contributed by atoms with van der Waals surface area (Å²) in [5.74, 6) is 0.711. The fourth-order valence-electron chi connectivity index (χ4n) is 3.21. The van der Waals surface area contributed by atoms with Gasteiger partial charge in [-0.3, -0.25) is 9.89 Å². The molecular weight excluding hydrogens is 320 g/mol. The normalized spacial score (nSPS) is 16.6. The first-order valence-corrected chi connectivity index (χ1v) is 9.45. The number of hydrogen-bond acceptors (Lipinski definition) is 4. The third kappa shape index (κ3) is 3.69. The second-order valence-corrected chi connectivity index (χ2v) is 8.53. The molecule has 0 aliphatic carbocycles. The van der Waals surface area contributed by atoms with Crippen LogP contribution in [0.15, 0.2) is 11.6 Å². The lowest BCUT2D eigenvalue weighted by atomic mass is 9.90. The zero-order chi connectivity index (χ0) is 17.3. The van der Waals surface area contributed by atoms with Gasteiger partial charge in [0.2, 0.25) is 5.91 Å². The molecule has 0 atom stereocenters. The van der Waals surface area contributed by atoms with Crippen LogP contribution in [-0.4, -0.2) is 39.1 Å². The molecule has 2 aromatic rings. The lowest BCUT2D eigenvalue weighted by Crippen LogP contribution is -2.38. The molecule has 3 rings (SSSR count). The summed E-state index contributed by atoms with van der Waals surface area (Å²) in [7, 11) is 0. The van der Waals surface area contributed by atoms with E-state index in [4.69, 9.17) is 0 Å². The number of aromatic nitrogens is 3. The summed E-state index contributed by atoms with van der Waals surface area (Å²) in [5, 5.41) is 10.3. The van der Waals surface area contributed by atoms with Crippen LogP contribution in [0, 0.1) is 6.92 Å². The Kier molecular flexibility index (Phi) is 4.76. The number of piperidine rings is 1. The van der Waals surface area contributed by atoms with Crippen molar-refractivity contribution in [3.63, 3.8) is 0 Å². The van der Waals surface area contributed by atoms with E-state index < -0.39 is 0 Å². The Hall–Kier alpha value is -1.69. The zero-order valence-corrected chi connectivity index (χ0v) is 15.7. The third-order valence-electron chi connectivity index (χ3n) is 4.68. The van der Waals surface area contributed by atoms with Crippen molar-refractivity contribution in [3.8, 4) is 0 Å². The van der Waals surface area contributed by atoms with Crippen molar-refractivity contribution in [2.45, 2.75) is 58.3 Å². The number of carbonyl (C=O) groups is 1. The smallest absolute Gasteiger partial charge is 0.228 e. The van der Waals surface area contributed by atoms with Gasteiger partial charge in [-0.05, 0) is 31.2 Å². The van der Waals surface area contributed by atoms with Gasteiger partial charge in [0.25, 0.3) is 0 Å². The van der Waals surface area contributed by atoms with E-state index in [9.17, 15) is 4.79 Å². The number of aryl methyl sites for hydroxylation is 1. The highest BCUT2D eigenvalue weighted by molar-refractivity contribution is 7.09. The van der Waals surface area contributed by atoms with Gasteiger partial charge in [-0.1, -0.05) is 20.8 Å². The number of likely N-dealkylation sites (tertiary alicyclic amines) is 1. The highest BCUT2D eigenvalue weighted by Crippen LogP contribution is 2.30. The van der Waals surface area contributed by atoms with E-state index in [-0.39, 0.29) is 11.3 Å². The Balaban J connectivity index is 1.56. The number of carbonyl (C=O) groups excluding carboxylic acids is 1. The quantitative estimate of drug-likeness (QED) is 0.926. The first-order valence-electron chi connectivity index (χ1n) is 8.57. The van der Waals surface area contributed by atoms with Crippen LogP contribution >= 0.6 is 11.3 Å². The van der Waals surface area contributed by atoms with Crippen LogP contribution in [0.5, 0.6) is 0 Å². The summed E-state index contributed by atoms with van der Waals surface area (Å²) in [6, 6.07) is 0. The van der Waals surface area contributed by atoms with Gasteiger partial charge in [0.05, 0.1) is 23.3 Å². The molecule has 0 bridgehead atoms. The molecule has 1 N–H and O–H groups in total. The topological polar surface area (TPSA) is 61.9 Å². The standard InChI is InChI=1S/C18H26N4OS/c1-12-15(10-19-21-12)13-5-7-22(8-6-13)16(23)9-14-11-24-17(20-14)18(2,3)4/h10-11,13H,5-9H2,1-4H3,(H,19,21). The summed E-state index contributed by atoms with van der Waals surface area (Å²) in [6.07, 6.45) is 4.37. The van der Waals surface area contributed by atoms with Gasteiger partial charge >= 0.3 is 0 Å². The van der Waals surface area contributed by atoms with Crippen LogP contribution in [-0.2, 0) is 16.6 Å². The third-order valence-corrected chi connectivity index (χ3v) is 6.00. The molecule has 5 nitrogen and oxygen atoms in total. The van der Waals surface area contributed by atoms with Gasteiger partial charge in [-0.25, -0.2) is 4.98 Å². The van der Waals surface area contributed by atoms with Crippen LogP contribution in [0.2, 0.25) is 0 Å². The summed E-state index contributed by atoms with van der Waals surface area (Å²) in [6.45, 7) is 10.2. The van der Waals surface area contributed by atoms with Crippen molar-refractivity contribution in [1.29, 1.82) is 0 Å². The SMILES string of the molecule is Cc1[nH]ncc1C1CCN(C(=O)Cc2csc(C(C)(C)C)n2)CC1. The van der Waals surface area contributed by atoms with Crippen molar-refractivity contribution in [2.75, 3.05) is 13.1 Å².